The van der Waals surface area contributed by atoms with Gasteiger partial charge in [-0.1, -0.05) is 0 Å². The van der Waals surface area contributed by atoms with E-state index in [0.29, 0.717) is 10.8 Å². The number of sulfone groups is 1. The third-order valence-corrected chi connectivity index (χ3v) is 6.46. The summed E-state index contributed by atoms with van der Waals surface area (Å²) in [6, 6.07) is 0. The Balaban J connectivity index is 1.65. The molecule has 6 nitrogen and oxygen atoms in total. The van der Waals surface area contributed by atoms with E-state index in [1.807, 2.05) is 5.51 Å². The predicted octanol–water partition coefficient (Wildman–Crippen LogP) is 2.03. The van der Waals surface area contributed by atoms with Gasteiger partial charge in [-0.05, 0) is 38.6 Å². The van der Waals surface area contributed by atoms with Crippen LogP contribution in [-0.4, -0.2) is 47.8 Å². The van der Waals surface area contributed by atoms with E-state index < -0.39 is 9.84 Å². The number of H-pyrrole nitrogens is 1. The number of aryl methyl sites for hydroxylation is 1. The summed E-state index contributed by atoms with van der Waals surface area (Å²) >= 11 is 1.71. The Kier molecular flexibility index (Phi) is 4.84. The van der Waals surface area contributed by atoms with Gasteiger partial charge in [0.2, 0.25) is 0 Å². The van der Waals surface area contributed by atoms with E-state index in [2.05, 4.69) is 27.0 Å². The highest BCUT2D eigenvalue weighted by molar-refractivity contribution is 7.90. The minimum atomic E-state index is -3.22. The van der Waals surface area contributed by atoms with E-state index in [-0.39, 0.29) is 0 Å². The molecule has 1 atom stereocenters. The van der Waals surface area contributed by atoms with E-state index in [4.69, 9.17) is 0 Å². The molecular weight excluding hydrogens is 332 g/mol. The summed E-state index contributed by atoms with van der Waals surface area (Å²) in [5, 5.41) is 6.79. The van der Waals surface area contributed by atoms with Crippen LogP contribution in [0.5, 0.6) is 0 Å². The van der Waals surface area contributed by atoms with Crippen molar-refractivity contribution in [3.05, 3.63) is 28.0 Å². The molecule has 0 spiro atoms. The van der Waals surface area contributed by atoms with Crippen molar-refractivity contribution >= 4 is 21.2 Å². The van der Waals surface area contributed by atoms with Crippen LogP contribution in [0.4, 0.5) is 0 Å². The summed E-state index contributed by atoms with van der Waals surface area (Å²) in [4.78, 5) is 8.43. The minimum Gasteiger partial charge on any atom is -0.298 e. The zero-order valence-electron chi connectivity index (χ0n) is 13.4. The van der Waals surface area contributed by atoms with E-state index >= 15 is 0 Å². The van der Waals surface area contributed by atoms with E-state index in [9.17, 15) is 8.42 Å². The van der Waals surface area contributed by atoms with Crippen molar-refractivity contribution in [3.8, 4) is 0 Å². The van der Waals surface area contributed by atoms with Crippen LogP contribution in [0.2, 0.25) is 0 Å². The van der Waals surface area contributed by atoms with E-state index in [1.54, 1.807) is 11.3 Å². The molecule has 0 amide bonds. The molecule has 2 aromatic heterocycles. The second kappa shape index (κ2) is 6.70. The first-order chi connectivity index (χ1) is 10.9. The second-order valence-corrected chi connectivity index (χ2v) is 9.22. The second-order valence-electron chi connectivity index (χ2n) is 6.29. The van der Waals surface area contributed by atoms with Gasteiger partial charge in [-0.25, -0.2) is 13.4 Å². The number of nitrogens with one attached hydrogen (secondary N) is 1. The monoisotopic (exact) mass is 354 g/mol. The lowest BCUT2D eigenvalue weighted by Crippen LogP contribution is -2.35. The van der Waals surface area contributed by atoms with E-state index in [0.717, 1.165) is 50.3 Å². The Morgan fingerprint density at radius 2 is 2.30 bits per heavy atom. The maximum Gasteiger partial charge on any atom is 0.178 e. The molecule has 23 heavy (non-hydrogen) atoms. The van der Waals surface area contributed by atoms with Gasteiger partial charge in [0, 0.05) is 24.2 Å². The Labute approximate surface area is 140 Å². The quantitative estimate of drug-likeness (QED) is 0.889. The molecule has 1 fully saturated rings. The molecule has 1 saturated heterocycles. The minimum absolute atomic E-state index is 0.341. The standard InChI is InChI=1S/C15H22N4O2S2/c1-11-14(22-10-16-11)9-19-5-3-4-12(8-19)6-13-15(7-17-18-13)23(2,20)21/h7,10,12H,3-6,8-9H2,1-2H3,(H,17,18). The molecule has 1 aliphatic rings. The molecule has 0 radical (unpaired) electrons. The lowest BCUT2D eigenvalue weighted by molar-refractivity contribution is 0.167. The van der Waals surface area contributed by atoms with Crippen molar-refractivity contribution in [1.82, 2.24) is 20.1 Å². The molecule has 1 N–H and O–H groups in total. The van der Waals surface area contributed by atoms with Gasteiger partial charge in [-0.3, -0.25) is 10.00 Å². The first-order valence-corrected chi connectivity index (χ1v) is 10.5. The average molecular weight is 355 g/mol. The molecule has 126 valence electrons. The van der Waals surface area contributed by atoms with Crippen molar-refractivity contribution in [2.24, 2.45) is 5.92 Å². The zero-order chi connectivity index (χ0) is 16.4. The van der Waals surface area contributed by atoms with Gasteiger partial charge >= 0.3 is 0 Å². The topological polar surface area (TPSA) is 79.0 Å². The first kappa shape index (κ1) is 16.6. The van der Waals surface area contributed by atoms with Crippen molar-refractivity contribution < 1.29 is 8.42 Å². The summed E-state index contributed by atoms with van der Waals surface area (Å²) in [5.74, 6) is 0.456. The maximum absolute atomic E-state index is 11.8. The molecule has 2 aromatic rings. The number of piperidine rings is 1. The summed E-state index contributed by atoms with van der Waals surface area (Å²) in [6.45, 7) is 5.07. The van der Waals surface area contributed by atoms with Crippen LogP contribution in [0, 0.1) is 12.8 Å². The maximum atomic E-state index is 11.8. The van der Waals surface area contributed by atoms with Crippen molar-refractivity contribution in [2.45, 2.75) is 37.6 Å². The molecule has 3 rings (SSSR count). The van der Waals surface area contributed by atoms with Crippen LogP contribution >= 0.6 is 11.3 Å². The molecule has 0 aromatic carbocycles. The number of aromatic nitrogens is 3. The SMILES string of the molecule is Cc1ncsc1CN1CCCC(Cc2[nH]ncc2S(C)(=O)=O)C1. The van der Waals surface area contributed by atoms with Crippen molar-refractivity contribution in [2.75, 3.05) is 19.3 Å². The first-order valence-electron chi connectivity index (χ1n) is 7.77. The average Bonchev–Trinajstić information content (AvgIpc) is 3.09. The molecule has 0 bridgehead atoms. The number of hydrogen-bond donors (Lipinski definition) is 1. The lowest BCUT2D eigenvalue weighted by atomic mass is 9.93. The molecule has 1 aliphatic heterocycles. The fourth-order valence-corrected chi connectivity index (χ4v) is 4.84. The largest absolute Gasteiger partial charge is 0.298 e. The van der Waals surface area contributed by atoms with Gasteiger partial charge in [-0.2, -0.15) is 5.10 Å². The number of rotatable bonds is 5. The number of aromatic amines is 1. The summed E-state index contributed by atoms with van der Waals surface area (Å²) in [7, 11) is -3.22. The highest BCUT2D eigenvalue weighted by Crippen LogP contribution is 2.25. The van der Waals surface area contributed by atoms with Crippen molar-refractivity contribution in [3.63, 3.8) is 0 Å². The van der Waals surface area contributed by atoms with Crippen LogP contribution in [-0.2, 0) is 22.8 Å². The van der Waals surface area contributed by atoms with Gasteiger partial charge in [0.25, 0.3) is 0 Å². The number of hydrogen-bond acceptors (Lipinski definition) is 6. The van der Waals surface area contributed by atoms with Gasteiger partial charge < -0.3 is 0 Å². The Morgan fingerprint density at radius 3 is 3.00 bits per heavy atom. The van der Waals surface area contributed by atoms with Crippen LogP contribution < -0.4 is 0 Å². The van der Waals surface area contributed by atoms with Gasteiger partial charge in [0.1, 0.15) is 4.90 Å². The highest BCUT2D eigenvalue weighted by atomic mass is 32.2. The molecule has 3 heterocycles. The zero-order valence-corrected chi connectivity index (χ0v) is 15.1. The Hall–Kier alpha value is -1.25. The fraction of sp³-hybridized carbons (Fsp3) is 0.600. The van der Waals surface area contributed by atoms with Crippen molar-refractivity contribution in [1.29, 1.82) is 0 Å². The van der Waals surface area contributed by atoms with Crippen LogP contribution in [0.3, 0.4) is 0 Å². The molecular formula is C15H22N4O2S2. The Morgan fingerprint density at radius 1 is 1.48 bits per heavy atom. The molecule has 0 saturated carbocycles. The normalized spacial score (nSPS) is 20.0. The smallest absolute Gasteiger partial charge is 0.178 e. The fourth-order valence-electron chi connectivity index (χ4n) is 3.20. The summed E-state index contributed by atoms with van der Waals surface area (Å²) < 4.78 is 23.6. The van der Waals surface area contributed by atoms with Crippen LogP contribution in [0.1, 0.15) is 29.1 Å². The van der Waals surface area contributed by atoms with Crippen LogP contribution in [0.15, 0.2) is 16.6 Å². The predicted molar refractivity (Wildman–Crippen MR) is 90.3 cm³/mol. The number of thiazole rings is 1. The molecule has 8 heteroatoms. The van der Waals surface area contributed by atoms with E-state index in [1.165, 1.54) is 17.3 Å². The van der Waals surface area contributed by atoms with Crippen LogP contribution in [0.25, 0.3) is 0 Å². The molecule has 1 unspecified atom stereocenters. The summed E-state index contributed by atoms with van der Waals surface area (Å²) in [6.07, 6.45) is 5.67. The highest BCUT2D eigenvalue weighted by Gasteiger charge is 2.24. The number of nitrogens with zero attached hydrogens (tertiary/aromatic N) is 3. The Bertz CT molecular complexity index is 766. The third-order valence-electron chi connectivity index (χ3n) is 4.39. The third kappa shape index (κ3) is 3.99. The van der Waals surface area contributed by atoms with Gasteiger partial charge in [0.15, 0.2) is 9.84 Å². The van der Waals surface area contributed by atoms with Gasteiger partial charge in [-0.15, -0.1) is 11.3 Å². The lowest BCUT2D eigenvalue weighted by Gasteiger charge is -2.32. The number of likely N-dealkylation sites (tertiary alicyclic amines) is 1. The summed E-state index contributed by atoms with van der Waals surface area (Å²) in [5.41, 5.74) is 3.76. The van der Waals surface area contributed by atoms with Gasteiger partial charge in [0.05, 0.1) is 23.1 Å². The molecule has 0 aliphatic carbocycles.